The van der Waals surface area contributed by atoms with Crippen molar-refractivity contribution >= 4 is 0 Å². The third-order valence-electron chi connectivity index (χ3n) is 8.06. The molecule has 3 saturated carbocycles. The van der Waals surface area contributed by atoms with Crippen molar-refractivity contribution in [3.05, 3.63) is 12.2 Å². The summed E-state index contributed by atoms with van der Waals surface area (Å²) in [6.45, 7) is 2.32. The van der Waals surface area contributed by atoms with Gasteiger partial charge in [0, 0.05) is 6.04 Å². The molecule has 0 heterocycles. The van der Waals surface area contributed by atoms with E-state index in [9.17, 15) is 0 Å². The number of hydrogen-bond acceptors (Lipinski definition) is 1. The fourth-order valence-corrected chi connectivity index (χ4v) is 6.09. The Morgan fingerprint density at radius 3 is 1.69 bits per heavy atom. The Morgan fingerprint density at radius 1 is 0.654 bits per heavy atom. The highest BCUT2D eigenvalue weighted by atomic mass is 14.6. The van der Waals surface area contributed by atoms with Crippen LogP contribution in [0.1, 0.15) is 110 Å². The Bertz CT molecular complexity index is 390. The average Bonchev–Trinajstić information content (AvgIpc) is 2.69. The molecule has 0 aliphatic heterocycles. The lowest BCUT2D eigenvalue weighted by molar-refractivity contribution is 0.172. The lowest BCUT2D eigenvalue weighted by Crippen LogP contribution is -2.31. The monoisotopic (exact) mass is 359 g/mol. The smallest absolute Gasteiger partial charge is 0.00390 e. The molecule has 3 rings (SSSR count). The van der Waals surface area contributed by atoms with Crippen molar-refractivity contribution in [2.24, 2.45) is 35.3 Å². The van der Waals surface area contributed by atoms with Gasteiger partial charge >= 0.3 is 0 Å². The second kappa shape index (κ2) is 10.9. The first kappa shape index (κ1) is 20.4. The molecular weight excluding hydrogens is 314 g/mol. The third kappa shape index (κ3) is 6.39. The molecule has 1 heteroatoms. The summed E-state index contributed by atoms with van der Waals surface area (Å²) in [6.07, 6.45) is 28.2. The first-order valence-corrected chi connectivity index (χ1v) is 12.2. The molecule has 2 N–H and O–H groups in total. The van der Waals surface area contributed by atoms with Crippen LogP contribution in [0, 0.1) is 29.6 Å². The Balaban J connectivity index is 1.31. The summed E-state index contributed by atoms with van der Waals surface area (Å²) in [5.41, 5.74) is 6.09. The van der Waals surface area contributed by atoms with E-state index in [0.717, 1.165) is 29.6 Å². The van der Waals surface area contributed by atoms with Crippen LogP contribution in [0.5, 0.6) is 0 Å². The van der Waals surface area contributed by atoms with E-state index in [1.165, 1.54) is 103 Å². The van der Waals surface area contributed by atoms with E-state index < -0.39 is 0 Å². The van der Waals surface area contributed by atoms with E-state index in [-0.39, 0.29) is 0 Å². The number of unbranched alkanes of at least 4 members (excludes halogenated alkanes) is 2. The molecule has 0 amide bonds. The standard InChI is InChI=1S/C25H45N/c1-2-3-4-5-20-6-8-21(9-7-20)10-11-22-12-14-23(15-13-22)24-16-18-25(26)19-17-24/h10-11,20-25H,2-9,12-19,26H2,1H3/b11-10+. The van der Waals surface area contributed by atoms with Crippen molar-refractivity contribution in [1.29, 1.82) is 0 Å². The summed E-state index contributed by atoms with van der Waals surface area (Å²) in [7, 11) is 0. The highest BCUT2D eigenvalue weighted by Crippen LogP contribution is 2.40. The summed E-state index contributed by atoms with van der Waals surface area (Å²) in [4.78, 5) is 0. The molecule has 0 atom stereocenters. The summed E-state index contributed by atoms with van der Waals surface area (Å²) in [5, 5.41) is 0. The predicted octanol–water partition coefficient (Wildman–Crippen LogP) is 7.25. The van der Waals surface area contributed by atoms with Gasteiger partial charge in [-0.15, -0.1) is 0 Å². The van der Waals surface area contributed by atoms with Gasteiger partial charge in [-0.2, -0.15) is 0 Å². The topological polar surface area (TPSA) is 26.0 Å². The van der Waals surface area contributed by atoms with Gasteiger partial charge in [0.1, 0.15) is 0 Å². The highest BCUT2D eigenvalue weighted by Gasteiger charge is 2.29. The normalized spacial score (nSPS) is 39.3. The minimum Gasteiger partial charge on any atom is -0.328 e. The molecule has 0 saturated heterocycles. The van der Waals surface area contributed by atoms with Gasteiger partial charge in [-0.1, -0.05) is 44.8 Å². The van der Waals surface area contributed by atoms with Crippen LogP contribution in [0.4, 0.5) is 0 Å². The maximum atomic E-state index is 6.09. The van der Waals surface area contributed by atoms with E-state index in [2.05, 4.69) is 19.1 Å². The van der Waals surface area contributed by atoms with E-state index in [0.29, 0.717) is 6.04 Å². The molecule has 3 aliphatic carbocycles. The van der Waals surface area contributed by atoms with Crippen molar-refractivity contribution in [1.82, 2.24) is 0 Å². The fraction of sp³-hybridized carbons (Fsp3) is 0.920. The molecule has 0 aromatic rings. The molecule has 1 nitrogen and oxygen atoms in total. The highest BCUT2D eigenvalue weighted by molar-refractivity contribution is 4.97. The number of allylic oxidation sites excluding steroid dienone is 2. The van der Waals surface area contributed by atoms with Crippen molar-refractivity contribution < 1.29 is 0 Å². The zero-order chi connectivity index (χ0) is 18.2. The second-order valence-corrected chi connectivity index (χ2v) is 10.0. The minimum absolute atomic E-state index is 0.507. The van der Waals surface area contributed by atoms with E-state index in [1.54, 1.807) is 0 Å². The van der Waals surface area contributed by atoms with Gasteiger partial charge in [0.05, 0.1) is 0 Å². The number of rotatable bonds is 7. The molecule has 0 bridgehead atoms. The van der Waals surface area contributed by atoms with Crippen LogP contribution in [-0.2, 0) is 0 Å². The lowest BCUT2D eigenvalue weighted by Gasteiger charge is -2.36. The lowest BCUT2D eigenvalue weighted by atomic mass is 9.70. The number of nitrogens with two attached hydrogens (primary N) is 1. The van der Waals surface area contributed by atoms with Gasteiger partial charge in [-0.05, 0) is 107 Å². The van der Waals surface area contributed by atoms with Crippen LogP contribution in [0.15, 0.2) is 12.2 Å². The molecule has 0 aromatic heterocycles. The van der Waals surface area contributed by atoms with Crippen LogP contribution in [0.3, 0.4) is 0 Å². The molecule has 3 fully saturated rings. The molecule has 0 radical (unpaired) electrons. The first-order valence-electron chi connectivity index (χ1n) is 12.2. The van der Waals surface area contributed by atoms with Crippen LogP contribution < -0.4 is 5.73 Å². The molecule has 26 heavy (non-hydrogen) atoms. The molecule has 0 spiro atoms. The van der Waals surface area contributed by atoms with Crippen LogP contribution in [0.2, 0.25) is 0 Å². The summed E-state index contributed by atoms with van der Waals surface area (Å²) >= 11 is 0. The molecule has 3 aliphatic rings. The quantitative estimate of drug-likeness (QED) is 0.376. The van der Waals surface area contributed by atoms with Crippen molar-refractivity contribution in [3.63, 3.8) is 0 Å². The van der Waals surface area contributed by atoms with E-state index >= 15 is 0 Å². The summed E-state index contributed by atoms with van der Waals surface area (Å²) in [5.74, 6) is 4.85. The predicted molar refractivity (Wildman–Crippen MR) is 114 cm³/mol. The van der Waals surface area contributed by atoms with Crippen LogP contribution in [0.25, 0.3) is 0 Å². The maximum Gasteiger partial charge on any atom is 0.00390 e. The van der Waals surface area contributed by atoms with Gasteiger partial charge in [-0.3, -0.25) is 0 Å². The molecule has 150 valence electrons. The maximum absolute atomic E-state index is 6.09. The second-order valence-electron chi connectivity index (χ2n) is 10.0. The van der Waals surface area contributed by atoms with Crippen molar-refractivity contribution in [2.45, 2.75) is 116 Å². The fourth-order valence-electron chi connectivity index (χ4n) is 6.09. The zero-order valence-corrected chi connectivity index (χ0v) is 17.5. The SMILES string of the molecule is CCCCCC1CCC(/C=C/C2CCC(C3CCC(N)CC3)CC2)CC1. The Kier molecular flexibility index (Phi) is 8.56. The van der Waals surface area contributed by atoms with E-state index in [1.807, 2.05) is 0 Å². The Hall–Kier alpha value is -0.300. The van der Waals surface area contributed by atoms with Gasteiger partial charge in [0.25, 0.3) is 0 Å². The van der Waals surface area contributed by atoms with Crippen LogP contribution in [-0.4, -0.2) is 6.04 Å². The Morgan fingerprint density at radius 2 is 1.15 bits per heavy atom. The minimum atomic E-state index is 0.507. The van der Waals surface area contributed by atoms with Crippen LogP contribution >= 0.6 is 0 Å². The zero-order valence-electron chi connectivity index (χ0n) is 17.5. The molecular formula is C25H45N. The largest absolute Gasteiger partial charge is 0.328 e. The van der Waals surface area contributed by atoms with Gasteiger partial charge in [0.15, 0.2) is 0 Å². The van der Waals surface area contributed by atoms with Gasteiger partial charge in [0.2, 0.25) is 0 Å². The van der Waals surface area contributed by atoms with E-state index in [4.69, 9.17) is 5.73 Å². The number of hydrogen-bond donors (Lipinski definition) is 1. The summed E-state index contributed by atoms with van der Waals surface area (Å²) in [6, 6.07) is 0.507. The molecule has 0 aromatic carbocycles. The van der Waals surface area contributed by atoms with Crippen molar-refractivity contribution in [2.75, 3.05) is 0 Å². The van der Waals surface area contributed by atoms with Gasteiger partial charge < -0.3 is 5.73 Å². The first-order chi connectivity index (χ1) is 12.7. The Labute approximate surface area is 163 Å². The summed E-state index contributed by atoms with van der Waals surface area (Å²) < 4.78 is 0. The average molecular weight is 360 g/mol. The third-order valence-corrected chi connectivity index (χ3v) is 8.06. The molecule has 0 unspecified atom stereocenters. The van der Waals surface area contributed by atoms with Gasteiger partial charge in [-0.25, -0.2) is 0 Å². The van der Waals surface area contributed by atoms with Crippen molar-refractivity contribution in [3.8, 4) is 0 Å².